The van der Waals surface area contributed by atoms with Crippen LogP contribution >= 0.6 is 15.9 Å². The minimum absolute atomic E-state index is 0.519. The Balaban J connectivity index is 1.88. The van der Waals surface area contributed by atoms with Crippen LogP contribution in [0.5, 0.6) is 11.5 Å². The van der Waals surface area contributed by atoms with Crippen LogP contribution in [-0.4, -0.2) is 28.7 Å². The lowest BCUT2D eigenvalue weighted by atomic mass is 10.3. The first-order chi connectivity index (χ1) is 8.83. The fourth-order valence-electron chi connectivity index (χ4n) is 1.50. The molecule has 6 heteroatoms. The zero-order valence-corrected chi connectivity index (χ0v) is 11.6. The maximum atomic E-state index is 5.65. The molecule has 5 nitrogen and oxygen atoms in total. The topological polar surface area (TPSA) is 49.2 Å². The van der Waals surface area contributed by atoms with Crippen molar-refractivity contribution >= 4 is 15.9 Å². The van der Waals surface area contributed by atoms with Crippen molar-refractivity contribution in [1.29, 1.82) is 0 Å². The fraction of sp³-hybridized carbons (Fsp3) is 0.333. The van der Waals surface area contributed by atoms with Crippen molar-refractivity contribution in [2.24, 2.45) is 0 Å². The molecular weight excluding hydrogens is 298 g/mol. The summed E-state index contributed by atoms with van der Waals surface area (Å²) in [6.07, 6.45) is 1.89. The van der Waals surface area contributed by atoms with E-state index in [0.717, 1.165) is 17.2 Å². The maximum Gasteiger partial charge on any atom is 0.161 e. The second-order valence-electron chi connectivity index (χ2n) is 3.61. The molecule has 2 aromatic rings. The molecule has 0 radical (unpaired) electrons. The van der Waals surface area contributed by atoms with Gasteiger partial charge in [-0.05, 0) is 12.1 Å². The lowest BCUT2D eigenvalue weighted by Crippen LogP contribution is -2.09. The summed E-state index contributed by atoms with van der Waals surface area (Å²) in [5.41, 5.74) is 0.910. The van der Waals surface area contributed by atoms with Crippen molar-refractivity contribution in [2.75, 3.05) is 13.7 Å². The van der Waals surface area contributed by atoms with Crippen LogP contribution in [0.15, 0.2) is 30.5 Å². The number of para-hydroxylation sites is 2. The predicted molar refractivity (Wildman–Crippen MR) is 71.1 cm³/mol. The van der Waals surface area contributed by atoms with Crippen LogP contribution in [0.2, 0.25) is 0 Å². The Hall–Kier alpha value is -1.56. The largest absolute Gasteiger partial charge is 0.493 e. The van der Waals surface area contributed by atoms with E-state index in [4.69, 9.17) is 9.47 Å². The summed E-state index contributed by atoms with van der Waals surface area (Å²) in [5.74, 6) is 1.47. The molecule has 0 aliphatic rings. The van der Waals surface area contributed by atoms with E-state index >= 15 is 0 Å². The Labute approximate surface area is 114 Å². The fourth-order valence-corrected chi connectivity index (χ4v) is 1.75. The van der Waals surface area contributed by atoms with Crippen LogP contribution in [0.3, 0.4) is 0 Å². The van der Waals surface area contributed by atoms with Gasteiger partial charge in [0.1, 0.15) is 6.61 Å². The molecule has 0 amide bonds. The smallest absolute Gasteiger partial charge is 0.161 e. The number of ether oxygens (including phenoxy) is 2. The first kappa shape index (κ1) is 12.9. The molecule has 0 fully saturated rings. The van der Waals surface area contributed by atoms with Crippen LogP contribution in [0, 0.1) is 0 Å². The number of halogens is 1. The molecule has 0 saturated heterocycles. The molecule has 1 heterocycles. The molecule has 2 rings (SSSR count). The SMILES string of the molecule is COc1ccccc1OCCn1cc(CBr)nn1. The third kappa shape index (κ3) is 3.22. The van der Waals surface area contributed by atoms with Crippen molar-refractivity contribution in [3.63, 3.8) is 0 Å². The highest BCUT2D eigenvalue weighted by Crippen LogP contribution is 2.25. The van der Waals surface area contributed by atoms with Gasteiger partial charge in [0.05, 0.1) is 19.3 Å². The van der Waals surface area contributed by atoms with Gasteiger partial charge in [0.15, 0.2) is 11.5 Å². The van der Waals surface area contributed by atoms with Gasteiger partial charge in [-0.2, -0.15) is 0 Å². The van der Waals surface area contributed by atoms with Crippen LogP contribution < -0.4 is 9.47 Å². The summed E-state index contributed by atoms with van der Waals surface area (Å²) in [7, 11) is 1.63. The number of methoxy groups -OCH3 is 1. The van der Waals surface area contributed by atoms with E-state index in [1.807, 2.05) is 30.5 Å². The minimum Gasteiger partial charge on any atom is -0.493 e. The van der Waals surface area contributed by atoms with Crippen LogP contribution in [0.25, 0.3) is 0 Å². The molecule has 0 aliphatic heterocycles. The van der Waals surface area contributed by atoms with Crippen molar-refractivity contribution in [1.82, 2.24) is 15.0 Å². The molecule has 0 N–H and O–H groups in total. The summed E-state index contributed by atoms with van der Waals surface area (Å²) in [6.45, 7) is 1.17. The summed E-state index contributed by atoms with van der Waals surface area (Å²) in [6, 6.07) is 7.57. The summed E-state index contributed by atoms with van der Waals surface area (Å²) in [5, 5.41) is 8.67. The molecule has 18 heavy (non-hydrogen) atoms. The monoisotopic (exact) mass is 311 g/mol. The molecule has 0 aliphatic carbocycles. The average molecular weight is 312 g/mol. The molecule has 0 bridgehead atoms. The van der Waals surface area contributed by atoms with E-state index in [-0.39, 0.29) is 0 Å². The molecule has 0 saturated carbocycles. The van der Waals surface area contributed by atoms with E-state index in [1.165, 1.54) is 0 Å². The van der Waals surface area contributed by atoms with Crippen molar-refractivity contribution in [3.05, 3.63) is 36.2 Å². The maximum absolute atomic E-state index is 5.65. The number of aromatic nitrogens is 3. The summed E-state index contributed by atoms with van der Waals surface area (Å²) in [4.78, 5) is 0. The first-order valence-corrected chi connectivity index (χ1v) is 6.66. The van der Waals surface area contributed by atoms with E-state index in [1.54, 1.807) is 11.8 Å². The highest BCUT2D eigenvalue weighted by atomic mass is 79.9. The lowest BCUT2D eigenvalue weighted by Gasteiger charge is -2.09. The number of benzene rings is 1. The van der Waals surface area contributed by atoms with Gasteiger partial charge in [-0.25, -0.2) is 4.68 Å². The molecule has 0 unspecified atom stereocenters. The van der Waals surface area contributed by atoms with Crippen molar-refractivity contribution in [3.8, 4) is 11.5 Å². The number of hydrogen-bond donors (Lipinski definition) is 0. The second kappa shape index (κ2) is 6.39. The summed E-state index contributed by atoms with van der Waals surface area (Å²) < 4.78 is 12.6. The molecular formula is C12H14BrN3O2. The quantitative estimate of drug-likeness (QED) is 0.768. The number of hydrogen-bond acceptors (Lipinski definition) is 4. The van der Waals surface area contributed by atoms with E-state index in [2.05, 4.69) is 26.2 Å². The number of rotatable bonds is 6. The van der Waals surface area contributed by atoms with E-state index in [0.29, 0.717) is 18.5 Å². The third-order valence-electron chi connectivity index (χ3n) is 2.37. The van der Waals surface area contributed by atoms with Gasteiger partial charge in [-0.3, -0.25) is 0 Å². The van der Waals surface area contributed by atoms with E-state index < -0.39 is 0 Å². The highest BCUT2D eigenvalue weighted by Gasteiger charge is 2.03. The van der Waals surface area contributed by atoms with Crippen LogP contribution in [0.1, 0.15) is 5.69 Å². The zero-order chi connectivity index (χ0) is 12.8. The van der Waals surface area contributed by atoms with Crippen molar-refractivity contribution in [2.45, 2.75) is 11.9 Å². The molecule has 0 atom stereocenters. The highest BCUT2D eigenvalue weighted by molar-refractivity contribution is 9.08. The van der Waals surface area contributed by atoms with Gasteiger partial charge in [0.2, 0.25) is 0 Å². The summed E-state index contributed by atoms with van der Waals surface area (Å²) >= 11 is 3.33. The Bertz CT molecular complexity index is 502. The first-order valence-electron chi connectivity index (χ1n) is 5.54. The van der Waals surface area contributed by atoms with Gasteiger partial charge in [-0.15, -0.1) is 5.10 Å². The molecule has 1 aromatic carbocycles. The Morgan fingerprint density at radius 1 is 1.28 bits per heavy atom. The number of nitrogens with zero attached hydrogens (tertiary/aromatic N) is 3. The second-order valence-corrected chi connectivity index (χ2v) is 4.17. The normalized spacial score (nSPS) is 10.3. The molecule has 96 valence electrons. The van der Waals surface area contributed by atoms with Crippen LogP contribution in [0.4, 0.5) is 0 Å². The third-order valence-corrected chi connectivity index (χ3v) is 2.94. The standard InChI is InChI=1S/C12H14BrN3O2/c1-17-11-4-2-3-5-12(11)18-7-6-16-9-10(8-13)14-15-16/h2-5,9H,6-8H2,1H3. The number of alkyl halides is 1. The van der Waals surface area contributed by atoms with Crippen molar-refractivity contribution < 1.29 is 9.47 Å². The van der Waals surface area contributed by atoms with Gasteiger partial charge >= 0.3 is 0 Å². The lowest BCUT2D eigenvalue weighted by molar-refractivity contribution is 0.273. The van der Waals surface area contributed by atoms with Crippen LogP contribution in [-0.2, 0) is 11.9 Å². The Morgan fingerprint density at radius 2 is 2.06 bits per heavy atom. The predicted octanol–water partition coefficient (Wildman–Crippen LogP) is 2.26. The zero-order valence-electron chi connectivity index (χ0n) is 10.0. The van der Waals surface area contributed by atoms with Gasteiger partial charge in [0, 0.05) is 11.5 Å². The van der Waals surface area contributed by atoms with Gasteiger partial charge in [-0.1, -0.05) is 33.3 Å². The van der Waals surface area contributed by atoms with E-state index in [9.17, 15) is 0 Å². The van der Waals surface area contributed by atoms with Gasteiger partial charge in [0.25, 0.3) is 0 Å². The van der Waals surface area contributed by atoms with Gasteiger partial charge < -0.3 is 9.47 Å². The molecule has 0 spiro atoms. The Kier molecular flexibility index (Phi) is 4.58. The minimum atomic E-state index is 0.519. The average Bonchev–Trinajstić information content (AvgIpc) is 2.87. The Morgan fingerprint density at radius 3 is 2.72 bits per heavy atom. The molecule has 1 aromatic heterocycles.